The summed E-state index contributed by atoms with van der Waals surface area (Å²) >= 11 is 0. The zero-order valence-corrected chi connectivity index (χ0v) is 16.5. The van der Waals surface area contributed by atoms with E-state index in [2.05, 4.69) is 15.2 Å². The van der Waals surface area contributed by atoms with Crippen molar-refractivity contribution in [1.82, 2.24) is 20.1 Å². The van der Waals surface area contributed by atoms with Gasteiger partial charge in [0, 0.05) is 30.8 Å². The highest BCUT2D eigenvalue weighted by atomic mass is 19.4. The van der Waals surface area contributed by atoms with Crippen molar-refractivity contribution in [2.45, 2.75) is 18.7 Å². The number of likely N-dealkylation sites (tertiary alicyclic amines) is 1. The first-order valence-electron chi connectivity index (χ1n) is 9.53. The summed E-state index contributed by atoms with van der Waals surface area (Å²) in [5, 5.41) is 6.95. The number of benzene rings is 1. The van der Waals surface area contributed by atoms with Crippen LogP contribution in [0.3, 0.4) is 0 Å². The van der Waals surface area contributed by atoms with Gasteiger partial charge >= 0.3 is 6.18 Å². The zero-order valence-electron chi connectivity index (χ0n) is 16.5. The van der Waals surface area contributed by atoms with E-state index < -0.39 is 17.8 Å². The van der Waals surface area contributed by atoms with Gasteiger partial charge in [-0.2, -0.15) is 18.3 Å². The van der Waals surface area contributed by atoms with Gasteiger partial charge in [-0.25, -0.2) is 4.98 Å². The van der Waals surface area contributed by atoms with Crippen LogP contribution in [0.25, 0.3) is 11.3 Å². The Kier molecular flexibility index (Phi) is 5.53. The molecule has 1 aromatic carbocycles. The fourth-order valence-electron chi connectivity index (χ4n) is 3.43. The van der Waals surface area contributed by atoms with Crippen molar-refractivity contribution < 1.29 is 27.4 Å². The lowest BCUT2D eigenvalue weighted by atomic mass is 10.1. The van der Waals surface area contributed by atoms with E-state index in [1.54, 1.807) is 24.1 Å². The predicted octanol–water partition coefficient (Wildman–Crippen LogP) is 3.79. The molecule has 4 rings (SSSR count). The van der Waals surface area contributed by atoms with Crippen LogP contribution in [0, 0.1) is 0 Å². The van der Waals surface area contributed by atoms with E-state index in [0.29, 0.717) is 30.1 Å². The lowest BCUT2D eigenvalue weighted by Gasteiger charge is -2.16. The normalized spacial score (nSPS) is 16.4. The van der Waals surface area contributed by atoms with Crippen molar-refractivity contribution >= 4 is 5.91 Å². The van der Waals surface area contributed by atoms with E-state index in [4.69, 9.17) is 9.47 Å². The molecule has 31 heavy (non-hydrogen) atoms. The molecule has 0 spiro atoms. The Balaban J connectivity index is 1.42. The summed E-state index contributed by atoms with van der Waals surface area (Å²) in [5.74, 6) is 0.252. The minimum absolute atomic E-state index is 0.117. The van der Waals surface area contributed by atoms with E-state index in [9.17, 15) is 18.0 Å². The van der Waals surface area contributed by atoms with Crippen molar-refractivity contribution in [2.24, 2.45) is 0 Å². The van der Waals surface area contributed by atoms with Crippen molar-refractivity contribution in [3.05, 3.63) is 59.9 Å². The Labute approximate surface area is 175 Å². The number of nitrogens with one attached hydrogen (secondary N) is 1. The summed E-state index contributed by atoms with van der Waals surface area (Å²) in [7, 11) is 1.56. The number of methoxy groups -OCH3 is 1. The highest BCUT2D eigenvalue weighted by Gasteiger charge is 2.33. The lowest BCUT2D eigenvalue weighted by Crippen LogP contribution is -2.31. The van der Waals surface area contributed by atoms with Crippen molar-refractivity contribution in [3.8, 4) is 22.9 Å². The Morgan fingerprint density at radius 1 is 1.23 bits per heavy atom. The number of rotatable bonds is 5. The van der Waals surface area contributed by atoms with Gasteiger partial charge in [0.1, 0.15) is 17.5 Å². The maximum atomic E-state index is 12.9. The molecule has 1 unspecified atom stereocenters. The van der Waals surface area contributed by atoms with Gasteiger partial charge in [0.25, 0.3) is 5.91 Å². The number of halogens is 3. The largest absolute Gasteiger partial charge is 0.496 e. The molecule has 1 fully saturated rings. The Bertz CT molecular complexity index is 1080. The number of pyridine rings is 1. The van der Waals surface area contributed by atoms with E-state index >= 15 is 0 Å². The third kappa shape index (κ3) is 4.47. The first-order chi connectivity index (χ1) is 14.8. The van der Waals surface area contributed by atoms with Crippen LogP contribution in [-0.4, -0.2) is 52.3 Å². The maximum Gasteiger partial charge on any atom is 0.416 e. The Morgan fingerprint density at radius 3 is 2.81 bits per heavy atom. The third-order valence-corrected chi connectivity index (χ3v) is 4.97. The number of aromatic amines is 1. The number of ether oxygens (including phenoxy) is 2. The second-order valence-corrected chi connectivity index (χ2v) is 7.03. The fraction of sp³-hybridized carbons (Fsp3) is 0.286. The van der Waals surface area contributed by atoms with Crippen LogP contribution >= 0.6 is 0 Å². The van der Waals surface area contributed by atoms with Crippen LogP contribution in [0.1, 0.15) is 22.5 Å². The molecule has 1 aliphatic heterocycles. The van der Waals surface area contributed by atoms with Crippen molar-refractivity contribution in [3.63, 3.8) is 0 Å². The molecule has 1 saturated heterocycles. The summed E-state index contributed by atoms with van der Waals surface area (Å²) in [5.41, 5.74) is 0.794. The van der Waals surface area contributed by atoms with Gasteiger partial charge in [0.05, 0.1) is 24.9 Å². The van der Waals surface area contributed by atoms with E-state index in [0.717, 1.165) is 23.9 Å². The molecule has 0 saturated carbocycles. The molecule has 2 aromatic heterocycles. The molecular weight excluding hydrogens is 413 g/mol. The highest BCUT2D eigenvalue weighted by molar-refractivity contribution is 5.93. The van der Waals surface area contributed by atoms with Crippen LogP contribution < -0.4 is 9.47 Å². The van der Waals surface area contributed by atoms with Crippen LogP contribution in [0.4, 0.5) is 13.2 Å². The molecule has 1 amide bonds. The van der Waals surface area contributed by atoms with Crippen LogP contribution in [-0.2, 0) is 6.18 Å². The first-order valence-corrected chi connectivity index (χ1v) is 9.53. The second kappa shape index (κ2) is 8.29. The number of H-pyrrole nitrogens is 1. The predicted molar refractivity (Wildman–Crippen MR) is 105 cm³/mol. The van der Waals surface area contributed by atoms with Crippen LogP contribution in [0.2, 0.25) is 0 Å². The molecule has 1 atom stereocenters. The van der Waals surface area contributed by atoms with Crippen molar-refractivity contribution in [2.75, 3.05) is 20.2 Å². The lowest BCUT2D eigenvalue weighted by molar-refractivity contribution is -0.137. The molecule has 0 aliphatic carbocycles. The van der Waals surface area contributed by atoms with Gasteiger partial charge in [-0.3, -0.25) is 9.89 Å². The maximum absolute atomic E-state index is 12.9. The Morgan fingerprint density at radius 2 is 2.03 bits per heavy atom. The monoisotopic (exact) mass is 432 g/mol. The number of alkyl halides is 3. The van der Waals surface area contributed by atoms with Gasteiger partial charge in [-0.1, -0.05) is 12.1 Å². The van der Waals surface area contributed by atoms with Gasteiger partial charge in [0.2, 0.25) is 5.88 Å². The number of nitrogens with zero attached hydrogens (tertiary/aromatic N) is 3. The molecule has 1 N–H and O–H groups in total. The number of carbonyl (C=O) groups is 1. The van der Waals surface area contributed by atoms with Gasteiger partial charge in [0.15, 0.2) is 0 Å². The molecule has 3 aromatic rings. The standard InChI is InChI=1S/C21H19F3N4O3/c1-30-18-5-3-2-4-15(18)16-11-17(27-26-16)20(29)28-9-7-14(12-28)31-19-10-13(6-8-25-19)21(22,23)24/h2-6,8,10-11,14H,7,9,12H2,1H3,(H,26,27). The number of hydrogen-bond acceptors (Lipinski definition) is 5. The summed E-state index contributed by atoms with van der Waals surface area (Å²) in [6.45, 7) is 0.644. The number of amides is 1. The molecule has 0 radical (unpaired) electrons. The first kappa shape index (κ1) is 20.7. The average Bonchev–Trinajstić information content (AvgIpc) is 3.43. The van der Waals surface area contributed by atoms with E-state index in [1.165, 1.54) is 0 Å². The SMILES string of the molecule is COc1ccccc1-c1cc(C(=O)N2CCC(Oc3cc(C(F)(F)F)ccn3)C2)[nH]n1. The number of aromatic nitrogens is 3. The smallest absolute Gasteiger partial charge is 0.416 e. The summed E-state index contributed by atoms with van der Waals surface area (Å²) in [6.07, 6.45) is -3.38. The van der Waals surface area contributed by atoms with Crippen LogP contribution in [0.15, 0.2) is 48.7 Å². The number of carbonyl (C=O) groups excluding carboxylic acids is 1. The minimum Gasteiger partial charge on any atom is -0.496 e. The van der Waals surface area contributed by atoms with Gasteiger partial charge in [-0.15, -0.1) is 0 Å². The molecule has 10 heteroatoms. The second-order valence-electron chi connectivity index (χ2n) is 7.03. The Hall–Kier alpha value is -3.56. The fourth-order valence-corrected chi connectivity index (χ4v) is 3.43. The van der Waals surface area contributed by atoms with E-state index in [1.807, 2.05) is 18.2 Å². The molecule has 7 nitrogen and oxygen atoms in total. The summed E-state index contributed by atoms with van der Waals surface area (Å²) < 4.78 is 49.5. The minimum atomic E-state index is -4.47. The van der Waals surface area contributed by atoms with Crippen molar-refractivity contribution in [1.29, 1.82) is 0 Å². The van der Waals surface area contributed by atoms with Crippen LogP contribution in [0.5, 0.6) is 11.6 Å². The molecular formula is C21H19F3N4O3. The molecule has 3 heterocycles. The van der Waals surface area contributed by atoms with E-state index in [-0.39, 0.29) is 18.3 Å². The average molecular weight is 432 g/mol. The highest BCUT2D eigenvalue weighted by Crippen LogP contribution is 2.31. The molecule has 162 valence electrons. The van der Waals surface area contributed by atoms with Gasteiger partial charge in [-0.05, 0) is 24.3 Å². The third-order valence-electron chi connectivity index (χ3n) is 4.97. The zero-order chi connectivity index (χ0) is 22.0. The molecule has 1 aliphatic rings. The topological polar surface area (TPSA) is 80.3 Å². The van der Waals surface area contributed by atoms with Gasteiger partial charge < -0.3 is 14.4 Å². The number of hydrogen-bond donors (Lipinski definition) is 1. The summed E-state index contributed by atoms with van der Waals surface area (Å²) in [6, 6.07) is 10.7. The quantitative estimate of drug-likeness (QED) is 0.664. The number of para-hydroxylation sites is 1. The molecule has 0 bridgehead atoms. The summed E-state index contributed by atoms with van der Waals surface area (Å²) in [4.78, 5) is 18.2.